The van der Waals surface area contributed by atoms with Crippen molar-refractivity contribution in [1.82, 2.24) is 20.0 Å². The average Bonchev–Trinajstić information content (AvgIpc) is 3.31. The van der Waals surface area contributed by atoms with Gasteiger partial charge in [0.1, 0.15) is 5.82 Å². The highest BCUT2D eigenvalue weighted by Gasteiger charge is 2.40. The van der Waals surface area contributed by atoms with Crippen molar-refractivity contribution in [3.05, 3.63) is 82.0 Å². The number of hydrogen-bond donors (Lipinski definition) is 1. The third-order valence-corrected chi connectivity index (χ3v) is 5.46. The molecule has 0 saturated heterocycles. The summed E-state index contributed by atoms with van der Waals surface area (Å²) < 4.78 is 29.3. The number of carbonyl (C=O) groups is 1. The Balaban J connectivity index is 1.64. The van der Waals surface area contributed by atoms with Crippen molar-refractivity contribution in [2.75, 3.05) is 5.32 Å². The molecule has 1 N–H and O–H groups in total. The van der Waals surface area contributed by atoms with Crippen molar-refractivity contribution in [3.8, 4) is 17.7 Å². The van der Waals surface area contributed by atoms with E-state index in [1.165, 1.54) is 66.7 Å². The molecular formula is C23H15Cl2F2N5O. The van der Waals surface area contributed by atoms with Gasteiger partial charge in [-0.2, -0.15) is 10.2 Å². The number of hydrogen-bond acceptors (Lipinski definition) is 4. The van der Waals surface area contributed by atoms with Crippen LogP contribution >= 0.6 is 23.2 Å². The molecule has 0 fully saturated rings. The molecule has 10 heteroatoms. The first-order valence-corrected chi connectivity index (χ1v) is 10.4. The number of aromatic nitrogens is 4. The second-order valence-corrected chi connectivity index (χ2v) is 7.86. The largest absolute Gasteiger partial charge is 0.321 e. The Morgan fingerprint density at radius 2 is 1.91 bits per heavy atom. The van der Waals surface area contributed by atoms with Gasteiger partial charge in [-0.25, -0.2) is 13.8 Å². The summed E-state index contributed by atoms with van der Waals surface area (Å²) in [6, 6.07) is 6.78. The van der Waals surface area contributed by atoms with E-state index in [1.807, 2.05) is 0 Å². The first kappa shape index (κ1) is 22.6. The third kappa shape index (κ3) is 4.65. The Kier molecular flexibility index (Phi) is 6.27. The lowest BCUT2D eigenvalue weighted by Gasteiger charge is -2.28. The lowest BCUT2D eigenvalue weighted by molar-refractivity contribution is -0.113. The van der Waals surface area contributed by atoms with E-state index in [2.05, 4.69) is 32.3 Å². The third-order valence-electron chi connectivity index (χ3n) is 4.85. The molecule has 2 heterocycles. The van der Waals surface area contributed by atoms with Crippen LogP contribution in [0.25, 0.3) is 11.4 Å². The van der Waals surface area contributed by atoms with Crippen molar-refractivity contribution >= 4 is 40.4 Å². The smallest absolute Gasteiger partial charge is 0.253 e. The first-order valence-electron chi connectivity index (χ1n) is 9.64. The Labute approximate surface area is 197 Å². The molecule has 0 aliphatic heterocycles. The van der Waals surface area contributed by atoms with Gasteiger partial charge in [-0.3, -0.25) is 4.79 Å². The van der Waals surface area contributed by atoms with Crippen molar-refractivity contribution < 1.29 is 13.6 Å². The molecule has 3 aromatic rings. The molecule has 1 amide bonds. The predicted octanol–water partition coefficient (Wildman–Crippen LogP) is 5.11. The highest BCUT2D eigenvalue weighted by molar-refractivity contribution is 6.35. The quantitative estimate of drug-likeness (QED) is 0.521. The van der Waals surface area contributed by atoms with Crippen LogP contribution in [0.1, 0.15) is 18.9 Å². The normalized spacial score (nSPS) is 17.8. The first-order chi connectivity index (χ1) is 15.8. The number of nitrogens with zero attached hydrogens (tertiary/aromatic N) is 4. The van der Waals surface area contributed by atoms with E-state index >= 15 is 4.39 Å². The van der Waals surface area contributed by atoms with Crippen LogP contribution in [0.2, 0.25) is 5.02 Å². The maximum Gasteiger partial charge on any atom is 0.253 e. The lowest BCUT2D eigenvalue weighted by atomic mass is 9.80. The Morgan fingerprint density at radius 1 is 1.21 bits per heavy atom. The second kappa shape index (κ2) is 9.14. The molecular weight excluding hydrogens is 471 g/mol. The predicted molar refractivity (Wildman–Crippen MR) is 122 cm³/mol. The standard InChI is InChI=1S/C23H15Cl2F2N5O/c1-2-7-23(27)12-17(19(24)11-18(23)14-3-5-15(26)6-4-14)22(33)31-16-10-20(25)21(28-13-16)32-29-8-9-30-32/h3-6,8-11,13H,12H2,1H3,(H,31,33). The summed E-state index contributed by atoms with van der Waals surface area (Å²) in [5.41, 5.74) is -1.35. The molecule has 0 radical (unpaired) electrons. The fourth-order valence-corrected chi connectivity index (χ4v) is 3.87. The maximum absolute atomic E-state index is 16.0. The van der Waals surface area contributed by atoms with Crippen LogP contribution < -0.4 is 5.32 Å². The van der Waals surface area contributed by atoms with E-state index in [-0.39, 0.29) is 32.7 Å². The van der Waals surface area contributed by atoms with Crippen LogP contribution in [0.5, 0.6) is 0 Å². The number of allylic oxidation sites excluding steroid dienone is 3. The number of rotatable bonds is 4. The number of amides is 1. The van der Waals surface area contributed by atoms with Gasteiger partial charge < -0.3 is 5.32 Å². The fraction of sp³-hybridized carbons (Fsp3) is 0.130. The van der Waals surface area contributed by atoms with Crippen molar-refractivity contribution in [2.24, 2.45) is 0 Å². The van der Waals surface area contributed by atoms with Gasteiger partial charge in [0.15, 0.2) is 5.82 Å². The number of carbonyl (C=O) groups excluding carboxylic acids is 1. The van der Waals surface area contributed by atoms with E-state index in [1.54, 1.807) is 0 Å². The number of nitrogens with one attached hydrogen (secondary N) is 1. The number of benzene rings is 1. The fourth-order valence-electron chi connectivity index (χ4n) is 3.37. The molecule has 33 heavy (non-hydrogen) atoms. The molecule has 6 nitrogen and oxygen atoms in total. The van der Waals surface area contributed by atoms with Crippen LogP contribution in [0.15, 0.2) is 65.6 Å². The van der Waals surface area contributed by atoms with E-state index < -0.39 is 23.8 Å². The average molecular weight is 486 g/mol. The van der Waals surface area contributed by atoms with E-state index in [0.29, 0.717) is 5.56 Å². The zero-order chi connectivity index (χ0) is 23.6. The van der Waals surface area contributed by atoms with Gasteiger partial charge in [0, 0.05) is 22.6 Å². The summed E-state index contributed by atoms with van der Waals surface area (Å²) in [6.07, 6.45) is 5.27. The number of alkyl halides is 1. The van der Waals surface area contributed by atoms with Gasteiger partial charge >= 0.3 is 0 Å². The van der Waals surface area contributed by atoms with Crippen LogP contribution in [-0.4, -0.2) is 31.6 Å². The van der Waals surface area contributed by atoms with Crippen LogP contribution in [0.4, 0.5) is 14.5 Å². The van der Waals surface area contributed by atoms with E-state index in [4.69, 9.17) is 23.2 Å². The molecule has 0 spiro atoms. The Morgan fingerprint density at radius 3 is 2.55 bits per heavy atom. The topological polar surface area (TPSA) is 72.7 Å². The molecule has 2 aromatic heterocycles. The number of halogens is 4. The molecule has 166 valence electrons. The van der Waals surface area contributed by atoms with Gasteiger partial charge in [-0.05, 0) is 36.8 Å². The lowest BCUT2D eigenvalue weighted by Crippen LogP contribution is -2.30. The summed E-state index contributed by atoms with van der Waals surface area (Å²) in [4.78, 5) is 18.3. The van der Waals surface area contributed by atoms with Crippen molar-refractivity contribution in [2.45, 2.75) is 19.0 Å². The molecule has 1 aliphatic rings. The second-order valence-electron chi connectivity index (χ2n) is 7.05. The minimum absolute atomic E-state index is 0.00159. The van der Waals surface area contributed by atoms with Crippen molar-refractivity contribution in [1.29, 1.82) is 0 Å². The van der Waals surface area contributed by atoms with Crippen LogP contribution in [0, 0.1) is 17.7 Å². The number of anilines is 1. The SMILES string of the molecule is CC#CC1(F)CC(C(=O)Nc2cnc(-n3nccn3)c(Cl)c2)=C(Cl)C=C1c1ccc(F)cc1. The van der Waals surface area contributed by atoms with Crippen LogP contribution in [-0.2, 0) is 4.79 Å². The van der Waals surface area contributed by atoms with Gasteiger partial charge in [0.05, 0.1) is 29.3 Å². The van der Waals surface area contributed by atoms with E-state index in [9.17, 15) is 9.18 Å². The summed E-state index contributed by atoms with van der Waals surface area (Å²) in [6.45, 7) is 1.49. The molecule has 1 unspecified atom stereocenters. The summed E-state index contributed by atoms with van der Waals surface area (Å²) in [7, 11) is 0. The number of pyridine rings is 1. The minimum atomic E-state index is -2.19. The molecule has 0 saturated carbocycles. The van der Waals surface area contributed by atoms with Gasteiger partial charge in [0.25, 0.3) is 5.91 Å². The Hall–Kier alpha value is -3.54. The summed E-state index contributed by atoms with van der Waals surface area (Å²) >= 11 is 12.6. The van der Waals surface area contributed by atoms with Crippen LogP contribution in [0.3, 0.4) is 0 Å². The zero-order valence-corrected chi connectivity index (χ0v) is 18.6. The van der Waals surface area contributed by atoms with Gasteiger partial charge in [-0.15, -0.1) is 10.7 Å². The van der Waals surface area contributed by atoms with Crippen molar-refractivity contribution in [3.63, 3.8) is 0 Å². The maximum atomic E-state index is 16.0. The Bertz CT molecular complexity index is 1340. The van der Waals surface area contributed by atoms with Gasteiger partial charge in [-0.1, -0.05) is 41.3 Å². The van der Waals surface area contributed by atoms with E-state index in [0.717, 1.165) is 0 Å². The molecule has 0 bridgehead atoms. The highest BCUT2D eigenvalue weighted by Crippen LogP contribution is 2.42. The molecule has 1 aliphatic carbocycles. The molecule has 1 aromatic carbocycles. The molecule has 4 rings (SSSR count). The minimum Gasteiger partial charge on any atom is -0.321 e. The van der Waals surface area contributed by atoms with Gasteiger partial charge in [0.2, 0.25) is 5.67 Å². The summed E-state index contributed by atoms with van der Waals surface area (Å²) in [5.74, 6) is 4.28. The monoisotopic (exact) mass is 485 g/mol. The molecule has 1 atom stereocenters. The highest BCUT2D eigenvalue weighted by atomic mass is 35.5. The zero-order valence-electron chi connectivity index (χ0n) is 17.1. The summed E-state index contributed by atoms with van der Waals surface area (Å²) in [5, 5.41) is 10.8.